The number of H-pyrrole nitrogens is 1. The number of hydrogen-bond acceptors (Lipinski definition) is 3. The number of piperazine rings is 1. The van der Waals surface area contributed by atoms with E-state index in [1.807, 2.05) is 4.90 Å². The molecule has 134 valence electrons. The standard InChI is InChI=1S/C19H26N4O2/c1-4-16-13(3)15-8-12(2)7-14(19(15)22-16)9-21-18(25)11-23-6-5-20-17(24)10-23/h7-8,22H,4-6,9-11H2,1-3H3,(H,20,24)(H,21,25). The van der Waals surface area contributed by atoms with E-state index in [4.69, 9.17) is 0 Å². The van der Waals surface area contributed by atoms with Gasteiger partial charge < -0.3 is 15.6 Å². The third-order valence-corrected chi connectivity index (χ3v) is 4.81. The molecule has 0 radical (unpaired) electrons. The van der Waals surface area contributed by atoms with Crippen molar-refractivity contribution in [3.8, 4) is 0 Å². The fourth-order valence-electron chi connectivity index (χ4n) is 3.48. The molecule has 1 aliphatic heterocycles. The molecule has 0 bridgehead atoms. The van der Waals surface area contributed by atoms with Crippen molar-refractivity contribution in [3.05, 3.63) is 34.5 Å². The average Bonchev–Trinajstić information content (AvgIpc) is 2.89. The molecule has 0 unspecified atom stereocenters. The summed E-state index contributed by atoms with van der Waals surface area (Å²) in [6.07, 6.45) is 0.961. The minimum Gasteiger partial charge on any atom is -0.358 e. The van der Waals surface area contributed by atoms with Crippen LogP contribution in [0.4, 0.5) is 0 Å². The molecule has 2 amide bonds. The first kappa shape index (κ1) is 17.5. The number of aromatic amines is 1. The van der Waals surface area contributed by atoms with Crippen LogP contribution >= 0.6 is 0 Å². The summed E-state index contributed by atoms with van der Waals surface area (Å²) in [6.45, 7) is 8.71. The number of fused-ring (bicyclic) bond motifs is 1. The summed E-state index contributed by atoms with van der Waals surface area (Å²) in [5.74, 6) is -0.0725. The summed E-state index contributed by atoms with van der Waals surface area (Å²) in [7, 11) is 0. The molecule has 1 aliphatic rings. The van der Waals surface area contributed by atoms with Gasteiger partial charge in [-0.2, -0.15) is 0 Å². The second-order valence-electron chi connectivity index (χ2n) is 6.77. The highest BCUT2D eigenvalue weighted by Gasteiger charge is 2.18. The van der Waals surface area contributed by atoms with E-state index in [0.717, 1.165) is 17.5 Å². The first-order valence-electron chi connectivity index (χ1n) is 8.84. The lowest BCUT2D eigenvalue weighted by Gasteiger charge is -2.25. The summed E-state index contributed by atoms with van der Waals surface area (Å²) in [5, 5.41) is 6.99. The van der Waals surface area contributed by atoms with E-state index >= 15 is 0 Å². The van der Waals surface area contributed by atoms with Gasteiger partial charge in [0.15, 0.2) is 0 Å². The monoisotopic (exact) mass is 342 g/mol. The van der Waals surface area contributed by atoms with E-state index < -0.39 is 0 Å². The number of amides is 2. The Morgan fingerprint density at radius 2 is 2.12 bits per heavy atom. The normalized spacial score (nSPS) is 15.4. The van der Waals surface area contributed by atoms with Crippen molar-refractivity contribution < 1.29 is 9.59 Å². The molecule has 1 aromatic carbocycles. The van der Waals surface area contributed by atoms with Crippen LogP contribution in [0.2, 0.25) is 0 Å². The van der Waals surface area contributed by atoms with Crippen LogP contribution in [0.15, 0.2) is 12.1 Å². The van der Waals surface area contributed by atoms with Gasteiger partial charge in [0, 0.05) is 30.7 Å². The number of carbonyl (C=O) groups excluding carboxylic acids is 2. The summed E-state index contributed by atoms with van der Waals surface area (Å²) < 4.78 is 0. The molecule has 2 aromatic rings. The number of aromatic nitrogens is 1. The van der Waals surface area contributed by atoms with E-state index in [0.29, 0.717) is 19.6 Å². The number of nitrogens with zero attached hydrogens (tertiary/aromatic N) is 1. The lowest BCUT2D eigenvalue weighted by molar-refractivity contribution is -0.127. The van der Waals surface area contributed by atoms with E-state index in [9.17, 15) is 9.59 Å². The number of nitrogens with one attached hydrogen (secondary N) is 3. The third-order valence-electron chi connectivity index (χ3n) is 4.81. The molecule has 6 nitrogen and oxygen atoms in total. The number of rotatable bonds is 5. The smallest absolute Gasteiger partial charge is 0.234 e. The van der Waals surface area contributed by atoms with Crippen molar-refractivity contribution in [2.24, 2.45) is 0 Å². The molecule has 0 aliphatic carbocycles. The van der Waals surface area contributed by atoms with Gasteiger partial charge >= 0.3 is 0 Å². The molecule has 0 spiro atoms. The highest BCUT2D eigenvalue weighted by atomic mass is 16.2. The molecule has 6 heteroatoms. The van der Waals surface area contributed by atoms with Crippen LogP contribution in [0.1, 0.15) is 29.3 Å². The van der Waals surface area contributed by atoms with Crippen LogP contribution in [-0.4, -0.2) is 47.9 Å². The van der Waals surface area contributed by atoms with E-state index in [2.05, 4.69) is 48.5 Å². The third kappa shape index (κ3) is 3.85. The molecule has 0 saturated carbocycles. The van der Waals surface area contributed by atoms with Crippen molar-refractivity contribution in [1.29, 1.82) is 0 Å². The average molecular weight is 342 g/mol. The van der Waals surface area contributed by atoms with Crippen LogP contribution in [0.5, 0.6) is 0 Å². The molecule has 1 aromatic heterocycles. The Morgan fingerprint density at radius 3 is 2.84 bits per heavy atom. The summed E-state index contributed by atoms with van der Waals surface area (Å²) in [6, 6.07) is 4.31. The number of aryl methyl sites for hydroxylation is 3. The van der Waals surface area contributed by atoms with Gasteiger partial charge in [0.1, 0.15) is 0 Å². The molecule has 25 heavy (non-hydrogen) atoms. The SMILES string of the molecule is CCc1[nH]c2c(CNC(=O)CN3CCNC(=O)C3)cc(C)cc2c1C. The van der Waals surface area contributed by atoms with Gasteiger partial charge in [-0.25, -0.2) is 0 Å². The first-order chi connectivity index (χ1) is 12.0. The van der Waals surface area contributed by atoms with Crippen LogP contribution in [0, 0.1) is 13.8 Å². The van der Waals surface area contributed by atoms with E-state index in [1.54, 1.807) is 0 Å². The Balaban J connectivity index is 1.70. The van der Waals surface area contributed by atoms with Crippen LogP contribution in [0.25, 0.3) is 10.9 Å². The lowest BCUT2D eigenvalue weighted by Crippen LogP contribution is -2.50. The van der Waals surface area contributed by atoms with Crippen molar-refractivity contribution >= 4 is 22.7 Å². The summed E-state index contributed by atoms with van der Waals surface area (Å²) in [4.78, 5) is 29.0. The van der Waals surface area contributed by atoms with Gasteiger partial charge in [0.05, 0.1) is 18.6 Å². The summed E-state index contributed by atoms with van der Waals surface area (Å²) in [5.41, 5.74) is 5.93. The van der Waals surface area contributed by atoms with Gasteiger partial charge in [-0.3, -0.25) is 14.5 Å². The second-order valence-corrected chi connectivity index (χ2v) is 6.77. The van der Waals surface area contributed by atoms with E-state index in [-0.39, 0.29) is 24.9 Å². The van der Waals surface area contributed by atoms with Gasteiger partial charge in [-0.15, -0.1) is 0 Å². The van der Waals surface area contributed by atoms with Crippen LogP contribution in [0.3, 0.4) is 0 Å². The molecule has 0 atom stereocenters. The Labute approximate surface area is 148 Å². The first-order valence-corrected chi connectivity index (χ1v) is 8.84. The Morgan fingerprint density at radius 1 is 1.32 bits per heavy atom. The van der Waals surface area contributed by atoms with Gasteiger partial charge in [-0.1, -0.05) is 18.6 Å². The van der Waals surface area contributed by atoms with Gasteiger partial charge in [-0.05, 0) is 37.5 Å². The molecule has 1 fully saturated rings. The number of benzene rings is 1. The fraction of sp³-hybridized carbons (Fsp3) is 0.474. The maximum absolute atomic E-state index is 12.2. The van der Waals surface area contributed by atoms with Crippen molar-refractivity contribution in [2.45, 2.75) is 33.7 Å². The molecule has 3 rings (SSSR count). The topological polar surface area (TPSA) is 77.2 Å². The fourth-order valence-corrected chi connectivity index (χ4v) is 3.48. The van der Waals surface area contributed by atoms with Gasteiger partial charge in [0.25, 0.3) is 0 Å². The minimum atomic E-state index is -0.0525. The zero-order chi connectivity index (χ0) is 18.0. The largest absolute Gasteiger partial charge is 0.358 e. The van der Waals surface area contributed by atoms with Crippen LogP contribution < -0.4 is 10.6 Å². The van der Waals surface area contributed by atoms with Crippen LogP contribution in [-0.2, 0) is 22.6 Å². The maximum atomic E-state index is 12.2. The van der Waals surface area contributed by atoms with E-state index in [1.165, 1.54) is 22.2 Å². The number of carbonyl (C=O) groups is 2. The Bertz CT molecular complexity index is 809. The molecule has 2 heterocycles. The Hall–Kier alpha value is -2.34. The summed E-state index contributed by atoms with van der Waals surface area (Å²) >= 11 is 0. The number of hydrogen-bond donors (Lipinski definition) is 3. The molecule has 3 N–H and O–H groups in total. The highest BCUT2D eigenvalue weighted by molar-refractivity contribution is 5.88. The van der Waals surface area contributed by atoms with Gasteiger partial charge in [0.2, 0.25) is 11.8 Å². The zero-order valence-corrected chi connectivity index (χ0v) is 15.2. The predicted octanol–water partition coefficient (Wildman–Crippen LogP) is 1.40. The predicted molar refractivity (Wildman–Crippen MR) is 98.4 cm³/mol. The maximum Gasteiger partial charge on any atom is 0.234 e. The minimum absolute atomic E-state index is 0.0200. The van der Waals surface area contributed by atoms with Crippen molar-refractivity contribution in [2.75, 3.05) is 26.2 Å². The molecular weight excluding hydrogens is 316 g/mol. The highest BCUT2D eigenvalue weighted by Crippen LogP contribution is 2.26. The second kappa shape index (κ2) is 7.27. The quantitative estimate of drug-likeness (QED) is 0.769. The van der Waals surface area contributed by atoms with Crippen molar-refractivity contribution in [1.82, 2.24) is 20.5 Å². The lowest BCUT2D eigenvalue weighted by atomic mass is 10.0. The zero-order valence-electron chi connectivity index (χ0n) is 15.2. The Kier molecular flexibility index (Phi) is 5.08. The molecule has 1 saturated heterocycles. The van der Waals surface area contributed by atoms with Crippen molar-refractivity contribution in [3.63, 3.8) is 0 Å². The molecular formula is C19H26N4O2.